The van der Waals surface area contributed by atoms with E-state index in [-0.39, 0.29) is 30.4 Å². The Morgan fingerprint density at radius 3 is 2.47 bits per heavy atom. The van der Waals surface area contributed by atoms with Crippen LogP contribution in [0, 0.1) is 11.8 Å². The largest absolute Gasteiger partial charge is 0.379 e. The SMILES string of the molecule is CCC(=O)CCOCCNC(=O)CCC(=O)N1Cc2ccccc2C#Cc2ccccc21. The van der Waals surface area contributed by atoms with Gasteiger partial charge in [0.15, 0.2) is 0 Å². The molecule has 1 aliphatic heterocycles. The Morgan fingerprint density at radius 1 is 0.938 bits per heavy atom. The number of carbonyl (C=O) groups is 3. The minimum atomic E-state index is -0.202. The van der Waals surface area contributed by atoms with Crippen LogP contribution in [0.3, 0.4) is 0 Å². The van der Waals surface area contributed by atoms with Crippen LogP contribution in [0.25, 0.3) is 0 Å². The summed E-state index contributed by atoms with van der Waals surface area (Å²) in [4.78, 5) is 38.2. The van der Waals surface area contributed by atoms with E-state index in [0.29, 0.717) is 39.1 Å². The Hall–Kier alpha value is -3.43. The second-order valence-corrected chi connectivity index (χ2v) is 7.51. The molecule has 0 bridgehead atoms. The van der Waals surface area contributed by atoms with E-state index in [1.54, 1.807) is 4.90 Å². The monoisotopic (exact) mass is 432 g/mol. The molecule has 2 aromatic rings. The van der Waals surface area contributed by atoms with Crippen molar-refractivity contribution >= 4 is 23.3 Å². The number of hydrogen-bond donors (Lipinski definition) is 1. The molecule has 0 unspecified atom stereocenters. The maximum absolute atomic E-state index is 13.1. The summed E-state index contributed by atoms with van der Waals surface area (Å²) in [6.07, 6.45) is 1.10. The number of ether oxygens (including phenoxy) is 1. The lowest BCUT2D eigenvalue weighted by Crippen LogP contribution is -2.33. The third kappa shape index (κ3) is 6.53. The second kappa shape index (κ2) is 11.8. The van der Waals surface area contributed by atoms with Gasteiger partial charge in [-0.2, -0.15) is 0 Å². The van der Waals surface area contributed by atoms with Crippen LogP contribution >= 0.6 is 0 Å². The third-order valence-corrected chi connectivity index (χ3v) is 5.23. The number of ketones is 1. The van der Waals surface area contributed by atoms with Gasteiger partial charge >= 0.3 is 0 Å². The van der Waals surface area contributed by atoms with Crippen LogP contribution in [0.1, 0.15) is 49.3 Å². The number of nitrogens with one attached hydrogen (secondary N) is 1. The highest BCUT2D eigenvalue weighted by atomic mass is 16.5. The van der Waals surface area contributed by atoms with Crippen LogP contribution in [0.15, 0.2) is 48.5 Å². The molecular formula is C26H28N2O4. The number of benzene rings is 2. The molecule has 0 saturated carbocycles. The van der Waals surface area contributed by atoms with E-state index in [0.717, 1.165) is 22.4 Å². The fourth-order valence-corrected chi connectivity index (χ4v) is 3.38. The molecule has 32 heavy (non-hydrogen) atoms. The van der Waals surface area contributed by atoms with Gasteiger partial charge in [-0.3, -0.25) is 14.4 Å². The van der Waals surface area contributed by atoms with Crippen molar-refractivity contribution in [2.45, 2.75) is 39.2 Å². The Labute approximate surface area is 188 Å². The predicted octanol–water partition coefficient (Wildman–Crippen LogP) is 3.22. The molecule has 6 nitrogen and oxygen atoms in total. The minimum absolute atomic E-state index is 0.0964. The standard InChI is InChI=1S/C26H28N2O4/c1-2-23(29)15-17-32-18-16-27-25(30)13-14-26(31)28-19-22-9-4-3-7-20(22)11-12-21-8-5-6-10-24(21)28/h3-10H,2,13-19H2,1H3,(H,27,30). The van der Waals surface area contributed by atoms with Crippen molar-refractivity contribution < 1.29 is 19.1 Å². The molecule has 0 fully saturated rings. The van der Waals surface area contributed by atoms with Crippen LogP contribution in [0.4, 0.5) is 5.69 Å². The number of carbonyl (C=O) groups excluding carboxylic acids is 3. The predicted molar refractivity (Wildman–Crippen MR) is 123 cm³/mol. The van der Waals surface area contributed by atoms with Crippen molar-refractivity contribution in [3.05, 3.63) is 65.2 Å². The number of nitrogens with zero attached hydrogens (tertiary/aromatic N) is 1. The molecule has 1 aliphatic rings. The molecule has 0 radical (unpaired) electrons. The van der Waals surface area contributed by atoms with Crippen LogP contribution in [-0.2, 0) is 25.7 Å². The molecule has 0 atom stereocenters. The molecule has 2 amide bonds. The molecule has 2 aromatic carbocycles. The van der Waals surface area contributed by atoms with Crippen LogP contribution in [0.5, 0.6) is 0 Å². The molecule has 6 heteroatoms. The molecule has 0 saturated heterocycles. The first-order chi connectivity index (χ1) is 15.6. The van der Waals surface area contributed by atoms with Gasteiger partial charge in [-0.25, -0.2) is 0 Å². The first-order valence-corrected chi connectivity index (χ1v) is 10.9. The highest BCUT2D eigenvalue weighted by Gasteiger charge is 2.21. The first kappa shape index (κ1) is 23.2. The van der Waals surface area contributed by atoms with Gasteiger partial charge in [0.1, 0.15) is 5.78 Å². The number of rotatable bonds is 10. The molecule has 1 heterocycles. The van der Waals surface area contributed by atoms with Gasteiger partial charge in [-0.05, 0) is 23.8 Å². The second-order valence-electron chi connectivity index (χ2n) is 7.51. The number of fused-ring (bicyclic) bond motifs is 2. The molecular weight excluding hydrogens is 404 g/mol. The summed E-state index contributed by atoms with van der Waals surface area (Å²) < 4.78 is 5.35. The minimum Gasteiger partial charge on any atom is -0.379 e. The van der Waals surface area contributed by atoms with Gasteiger partial charge < -0.3 is 15.0 Å². The molecule has 166 valence electrons. The zero-order valence-electron chi connectivity index (χ0n) is 18.4. The van der Waals surface area contributed by atoms with E-state index < -0.39 is 0 Å². The van der Waals surface area contributed by atoms with Crippen LogP contribution in [0.2, 0.25) is 0 Å². The van der Waals surface area contributed by atoms with Gasteiger partial charge in [0.05, 0.1) is 25.4 Å². The Kier molecular flexibility index (Phi) is 8.59. The normalized spacial score (nSPS) is 11.8. The summed E-state index contributed by atoms with van der Waals surface area (Å²) in [5, 5.41) is 2.76. The lowest BCUT2D eigenvalue weighted by atomic mass is 10.0. The van der Waals surface area contributed by atoms with Gasteiger partial charge in [0, 0.05) is 43.4 Å². The average molecular weight is 433 g/mol. The Balaban J connectivity index is 1.54. The smallest absolute Gasteiger partial charge is 0.227 e. The maximum atomic E-state index is 13.1. The number of amides is 2. The van der Waals surface area contributed by atoms with E-state index in [2.05, 4.69) is 17.2 Å². The van der Waals surface area contributed by atoms with E-state index in [1.807, 2.05) is 55.5 Å². The molecule has 0 aromatic heterocycles. The Bertz CT molecular complexity index is 1040. The van der Waals surface area contributed by atoms with Crippen LogP contribution < -0.4 is 10.2 Å². The summed E-state index contributed by atoms with van der Waals surface area (Å²) in [5.74, 6) is 6.20. The van der Waals surface area contributed by atoms with E-state index in [4.69, 9.17) is 4.74 Å². The van der Waals surface area contributed by atoms with Gasteiger partial charge in [-0.15, -0.1) is 0 Å². The summed E-state index contributed by atoms with van der Waals surface area (Å²) in [6, 6.07) is 15.4. The quantitative estimate of drug-likeness (QED) is 0.462. The summed E-state index contributed by atoms with van der Waals surface area (Å²) in [7, 11) is 0. The molecule has 0 spiro atoms. The fraction of sp³-hybridized carbons (Fsp3) is 0.346. The Morgan fingerprint density at radius 2 is 1.66 bits per heavy atom. The zero-order chi connectivity index (χ0) is 22.8. The third-order valence-electron chi connectivity index (χ3n) is 5.23. The van der Waals surface area contributed by atoms with Crippen molar-refractivity contribution in [1.82, 2.24) is 5.32 Å². The number of para-hydroxylation sites is 1. The van der Waals surface area contributed by atoms with Gasteiger partial charge in [-0.1, -0.05) is 49.1 Å². The van der Waals surface area contributed by atoms with Crippen molar-refractivity contribution in [3.63, 3.8) is 0 Å². The zero-order valence-corrected chi connectivity index (χ0v) is 18.4. The summed E-state index contributed by atoms with van der Waals surface area (Å²) >= 11 is 0. The van der Waals surface area contributed by atoms with E-state index in [9.17, 15) is 14.4 Å². The van der Waals surface area contributed by atoms with Crippen molar-refractivity contribution in [2.24, 2.45) is 0 Å². The average Bonchev–Trinajstić information content (AvgIpc) is 2.81. The van der Waals surface area contributed by atoms with Crippen molar-refractivity contribution in [3.8, 4) is 11.8 Å². The topological polar surface area (TPSA) is 75.7 Å². The van der Waals surface area contributed by atoms with Crippen LogP contribution in [-0.4, -0.2) is 37.4 Å². The van der Waals surface area contributed by atoms with E-state index in [1.165, 1.54) is 0 Å². The fourth-order valence-electron chi connectivity index (χ4n) is 3.38. The van der Waals surface area contributed by atoms with Gasteiger partial charge in [0.25, 0.3) is 0 Å². The number of anilines is 1. The lowest BCUT2D eigenvalue weighted by Gasteiger charge is -2.26. The maximum Gasteiger partial charge on any atom is 0.227 e. The number of Topliss-reactive ketones (excluding diaryl/α,β-unsaturated/α-hetero) is 1. The number of hydrogen-bond acceptors (Lipinski definition) is 4. The highest BCUT2D eigenvalue weighted by Crippen LogP contribution is 2.26. The summed E-state index contributed by atoms with van der Waals surface area (Å²) in [5.41, 5.74) is 3.43. The molecule has 3 rings (SSSR count). The highest BCUT2D eigenvalue weighted by molar-refractivity contribution is 5.96. The first-order valence-electron chi connectivity index (χ1n) is 10.9. The van der Waals surface area contributed by atoms with E-state index >= 15 is 0 Å². The summed E-state index contributed by atoms with van der Waals surface area (Å²) in [6.45, 7) is 3.28. The van der Waals surface area contributed by atoms with Gasteiger partial charge in [0.2, 0.25) is 11.8 Å². The molecule has 1 N–H and O–H groups in total. The molecule has 0 aliphatic carbocycles. The lowest BCUT2D eigenvalue weighted by molar-refractivity contribution is -0.125. The van der Waals surface area contributed by atoms with Crippen molar-refractivity contribution in [1.29, 1.82) is 0 Å². The van der Waals surface area contributed by atoms with Crippen molar-refractivity contribution in [2.75, 3.05) is 24.7 Å².